The predicted octanol–water partition coefficient (Wildman–Crippen LogP) is 13.9. The Morgan fingerprint density at radius 2 is 0.904 bits per heavy atom. The minimum absolute atomic E-state index is 0.00477. The van der Waals surface area contributed by atoms with Crippen LogP contribution in [0.3, 0.4) is 0 Å². The van der Waals surface area contributed by atoms with Gasteiger partial charge in [0.1, 0.15) is 18.8 Å². The van der Waals surface area contributed by atoms with Gasteiger partial charge >= 0.3 is 23.9 Å². The van der Waals surface area contributed by atoms with Gasteiger partial charge in [0.2, 0.25) is 0 Å². The fourth-order valence-corrected chi connectivity index (χ4v) is 7.67. The maximum atomic E-state index is 13.1. The molecule has 1 heterocycles. The van der Waals surface area contributed by atoms with Crippen molar-refractivity contribution in [1.82, 2.24) is 0 Å². The molecule has 12 heteroatoms. The number of aliphatic carboxylic acids is 1. The molecule has 1 rings (SSSR count). The van der Waals surface area contributed by atoms with Crippen LogP contribution in [0.1, 0.15) is 201 Å². The van der Waals surface area contributed by atoms with Crippen LogP contribution in [0.15, 0.2) is 109 Å². The largest absolute Gasteiger partial charge is 0.479 e. The van der Waals surface area contributed by atoms with E-state index >= 15 is 0 Å². The van der Waals surface area contributed by atoms with E-state index in [4.69, 9.17) is 23.7 Å². The van der Waals surface area contributed by atoms with Gasteiger partial charge < -0.3 is 39.0 Å². The smallest absolute Gasteiger partial charge is 0.335 e. The van der Waals surface area contributed by atoms with Crippen molar-refractivity contribution in [3.05, 3.63) is 109 Å². The number of hydrogen-bond donors (Lipinski definition) is 3. The van der Waals surface area contributed by atoms with Crippen LogP contribution in [-0.2, 0) is 42.9 Å². The van der Waals surface area contributed by atoms with Crippen molar-refractivity contribution in [1.29, 1.82) is 0 Å². The van der Waals surface area contributed by atoms with Crippen LogP contribution >= 0.6 is 0 Å². The Morgan fingerprint density at radius 3 is 1.38 bits per heavy atom. The molecule has 1 aliphatic rings. The molecule has 0 spiro atoms. The van der Waals surface area contributed by atoms with E-state index in [9.17, 15) is 34.5 Å². The topological polar surface area (TPSA) is 175 Å². The highest BCUT2D eigenvalue weighted by molar-refractivity contribution is 5.74. The highest BCUT2D eigenvalue weighted by atomic mass is 16.7. The Labute approximate surface area is 440 Å². The summed E-state index contributed by atoms with van der Waals surface area (Å²) in [7, 11) is 0. The van der Waals surface area contributed by atoms with E-state index in [1.54, 1.807) is 6.08 Å². The van der Waals surface area contributed by atoms with E-state index in [1.807, 2.05) is 12.2 Å². The quantitative estimate of drug-likeness (QED) is 0.0228. The first kappa shape index (κ1) is 66.4. The predicted molar refractivity (Wildman–Crippen MR) is 294 cm³/mol. The third-order valence-electron chi connectivity index (χ3n) is 11.9. The number of unbranched alkanes of at least 4 members (excludes halogenated alkanes) is 14. The third-order valence-corrected chi connectivity index (χ3v) is 11.9. The zero-order chi connectivity index (χ0) is 53.3. The molecule has 1 fully saturated rings. The number of carbonyl (C=O) groups excluding carboxylic acids is 3. The van der Waals surface area contributed by atoms with Crippen molar-refractivity contribution in [2.75, 3.05) is 13.2 Å². The molecular formula is C61H96O12. The van der Waals surface area contributed by atoms with Crippen molar-refractivity contribution in [2.24, 2.45) is 0 Å². The zero-order valence-corrected chi connectivity index (χ0v) is 45.1. The lowest BCUT2D eigenvalue weighted by molar-refractivity contribution is -0.301. The first-order valence-electron chi connectivity index (χ1n) is 27.9. The van der Waals surface area contributed by atoms with Crippen LogP contribution in [0.25, 0.3) is 0 Å². The number of carboxylic acid groups (broad SMARTS) is 1. The lowest BCUT2D eigenvalue weighted by Crippen LogP contribution is -2.61. The Hall–Kier alpha value is -4.62. The van der Waals surface area contributed by atoms with Gasteiger partial charge in [0.05, 0.1) is 13.0 Å². The van der Waals surface area contributed by atoms with E-state index in [1.165, 1.54) is 57.8 Å². The van der Waals surface area contributed by atoms with Crippen LogP contribution in [0.2, 0.25) is 0 Å². The van der Waals surface area contributed by atoms with E-state index in [0.29, 0.717) is 25.7 Å². The molecule has 6 atom stereocenters. The summed E-state index contributed by atoms with van der Waals surface area (Å²) in [4.78, 5) is 50.9. The average molecular weight is 1020 g/mol. The van der Waals surface area contributed by atoms with Crippen molar-refractivity contribution in [3.8, 4) is 0 Å². The number of hydrogen-bond acceptors (Lipinski definition) is 11. The van der Waals surface area contributed by atoms with Gasteiger partial charge in [-0.25, -0.2) is 4.79 Å². The molecule has 1 aliphatic heterocycles. The van der Waals surface area contributed by atoms with Crippen molar-refractivity contribution in [2.45, 2.75) is 237 Å². The minimum atomic E-state index is -1.93. The number of carboxylic acids is 1. The van der Waals surface area contributed by atoms with Gasteiger partial charge in [-0.05, 0) is 83.5 Å². The number of carbonyl (C=O) groups is 4. The van der Waals surface area contributed by atoms with Gasteiger partial charge in [-0.1, -0.05) is 207 Å². The summed E-state index contributed by atoms with van der Waals surface area (Å²) in [5.74, 6) is -3.35. The second kappa shape index (κ2) is 48.3. The molecule has 73 heavy (non-hydrogen) atoms. The molecule has 12 nitrogen and oxygen atoms in total. The number of rotatable bonds is 45. The van der Waals surface area contributed by atoms with E-state index in [0.717, 1.165) is 77.0 Å². The molecular weight excluding hydrogens is 925 g/mol. The van der Waals surface area contributed by atoms with Gasteiger partial charge in [-0.3, -0.25) is 14.4 Å². The minimum Gasteiger partial charge on any atom is -0.479 e. The molecule has 3 N–H and O–H groups in total. The van der Waals surface area contributed by atoms with Gasteiger partial charge in [-0.15, -0.1) is 0 Å². The lowest BCUT2D eigenvalue weighted by atomic mass is 9.98. The van der Waals surface area contributed by atoms with Crippen LogP contribution in [0.4, 0.5) is 0 Å². The Morgan fingerprint density at radius 1 is 0.479 bits per heavy atom. The van der Waals surface area contributed by atoms with Gasteiger partial charge in [0.25, 0.3) is 0 Å². The van der Waals surface area contributed by atoms with Gasteiger partial charge in [0, 0.05) is 12.8 Å². The first-order valence-corrected chi connectivity index (χ1v) is 27.9. The van der Waals surface area contributed by atoms with Crippen LogP contribution in [-0.4, -0.2) is 89.2 Å². The second-order valence-electron chi connectivity index (χ2n) is 18.5. The van der Waals surface area contributed by atoms with Crippen molar-refractivity contribution in [3.63, 3.8) is 0 Å². The standard InChI is InChI=1S/C61H96O12/c1-4-7-10-13-16-19-22-25-27-30-32-35-38-41-44-47-53(62)69-50-52(71-54(63)48-45-42-39-36-33-29-24-21-18-15-12-9-6-3)51-70-61-59(57(66)56(65)58(73-61)60(67)68)72-55(64)49-46-43-40-37-34-31-28-26-23-20-17-14-11-8-5-2/h7-8,10-11,16-17,19-20,25-28,32,34-35,37,41,44,52,56-59,61,65-66H,4-6,9,12-15,18,21-24,29-31,33,36,38-40,42-43,45-51H2,1-3H3,(H,67,68)/b10-7-,11-8-,19-16-,20-17-,27-25-,28-26-,35-32-,37-34-,44-41-. The molecule has 0 aromatic carbocycles. The third kappa shape index (κ3) is 38.6. The monoisotopic (exact) mass is 1020 g/mol. The molecule has 0 aromatic rings. The fourth-order valence-electron chi connectivity index (χ4n) is 7.67. The van der Waals surface area contributed by atoms with Crippen LogP contribution in [0, 0.1) is 0 Å². The summed E-state index contributed by atoms with van der Waals surface area (Å²) in [6, 6.07) is 0. The highest BCUT2D eigenvalue weighted by Gasteiger charge is 2.50. The number of aliphatic hydroxyl groups excluding tert-OH is 2. The van der Waals surface area contributed by atoms with Crippen LogP contribution in [0.5, 0.6) is 0 Å². The van der Waals surface area contributed by atoms with Crippen LogP contribution < -0.4 is 0 Å². The van der Waals surface area contributed by atoms with E-state index in [2.05, 4.69) is 112 Å². The molecule has 1 saturated heterocycles. The summed E-state index contributed by atoms with van der Waals surface area (Å²) in [5.41, 5.74) is 0. The Kier molecular flexibility index (Phi) is 44.0. The lowest BCUT2D eigenvalue weighted by Gasteiger charge is -2.40. The maximum absolute atomic E-state index is 13.1. The average Bonchev–Trinajstić information content (AvgIpc) is 3.37. The number of allylic oxidation sites excluding steroid dienone is 17. The van der Waals surface area contributed by atoms with Crippen molar-refractivity contribution < 1.29 is 58.2 Å². The highest BCUT2D eigenvalue weighted by Crippen LogP contribution is 2.26. The molecule has 0 aromatic heterocycles. The normalized spacial score (nSPS) is 19.2. The number of ether oxygens (including phenoxy) is 5. The summed E-state index contributed by atoms with van der Waals surface area (Å²) in [6.07, 6.45) is 52.4. The van der Waals surface area contributed by atoms with E-state index < -0.39 is 67.3 Å². The molecule has 0 aliphatic carbocycles. The SMILES string of the molecule is CC/C=C\C/C=C\C/C=C\C/C=C\C/C=C\CC(=O)OCC(COC1OC(C(=O)O)C(O)C(O)C1OC(=O)CCCC/C=C\C/C=C\C/C=C\C/C=C\CC)OC(=O)CCCCCCCCCCCCCCC. The van der Waals surface area contributed by atoms with E-state index in [-0.39, 0.29) is 25.9 Å². The van der Waals surface area contributed by atoms with Gasteiger partial charge in [-0.2, -0.15) is 0 Å². The first-order chi connectivity index (χ1) is 35.6. The Bertz CT molecular complexity index is 1690. The summed E-state index contributed by atoms with van der Waals surface area (Å²) in [6.45, 7) is 5.63. The maximum Gasteiger partial charge on any atom is 0.335 e. The molecule has 0 amide bonds. The summed E-state index contributed by atoms with van der Waals surface area (Å²) >= 11 is 0. The zero-order valence-electron chi connectivity index (χ0n) is 45.1. The molecule has 6 unspecified atom stereocenters. The van der Waals surface area contributed by atoms with Crippen molar-refractivity contribution >= 4 is 23.9 Å². The van der Waals surface area contributed by atoms with Gasteiger partial charge in [0.15, 0.2) is 24.6 Å². The number of aliphatic hydroxyl groups is 2. The molecule has 412 valence electrons. The summed E-state index contributed by atoms with van der Waals surface area (Å²) < 4.78 is 28.2. The fraction of sp³-hybridized carbons (Fsp3) is 0.639. The number of esters is 3. The molecule has 0 bridgehead atoms. The molecule has 0 saturated carbocycles. The molecule has 0 radical (unpaired) electrons. The summed E-state index contributed by atoms with van der Waals surface area (Å²) in [5, 5.41) is 31.4. The second-order valence-corrected chi connectivity index (χ2v) is 18.5. The Balaban J connectivity index is 2.80.